The van der Waals surface area contributed by atoms with Gasteiger partial charge in [0.05, 0.1) is 5.02 Å². The number of hydrogen-bond acceptors (Lipinski definition) is 4. The lowest BCUT2D eigenvalue weighted by atomic mass is 10.2. The van der Waals surface area contributed by atoms with Crippen LogP contribution in [-0.4, -0.2) is 12.5 Å². The topological polar surface area (TPSA) is 62.1 Å². The molecule has 0 aromatic heterocycles. The zero-order valence-corrected chi connectivity index (χ0v) is 13.7. The maximum absolute atomic E-state index is 13.0. The first-order chi connectivity index (χ1) is 11.0. The summed E-state index contributed by atoms with van der Waals surface area (Å²) >= 11 is 6.69. The van der Waals surface area contributed by atoms with Crippen molar-refractivity contribution < 1.29 is 13.9 Å². The Morgan fingerprint density at radius 3 is 2.83 bits per heavy atom. The van der Waals surface area contributed by atoms with Gasteiger partial charge in [0, 0.05) is 16.6 Å². The van der Waals surface area contributed by atoms with Crippen molar-refractivity contribution in [2.75, 3.05) is 11.9 Å². The number of benzene rings is 2. The minimum atomic E-state index is -0.547. The number of thiocyanates is 1. The summed E-state index contributed by atoms with van der Waals surface area (Å²) in [7, 11) is 0. The number of hydrogen-bond donors (Lipinski definition) is 1. The number of ether oxygens (including phenoxy) is 1. The van der Waals surface area contributed by atoms with Crippen LogP contribution < -0.4 is 10.1 Å². The van der Waals surface area contributed by atoms with Gasteiger partial charge in [-0.15, -0.1) is 0 Å². The molecule has 0 aliphatic heterocycles. The molecule has 1 N–H and O–H groups in total. The highest BCUT2D eigenvalue weighted by atomic mass is 35.5. The van der Waals surface area contributed by atoms with Crippen molar-refractivity contribution in [2.24, 2.45) is 0 Å². The van der Waals surface area contributed by atoms with Crippen LogP contribution in [0.15, 0.2) is 41.3 Å². The monoisotopic (exact) mass is 350 g/mol. The maximum Gasteiger partial charge on any atom is 0.262 e. The molecule has 0 spiro atoms. The molecule has 0 saturated heterocycles. The van der Waals surface area contributed by atoms with Gasteiger partial charge < -0.3 is 10.1 Å². The zero-order valence-electron chi connectivity index (χ0n) is 12.1. The summed E-state index contributed by atoms with van der Waals surface area (Å²) in [6, 6.07) is 9.16. The Bertz CT molecular complexity index is 777. The van der Waals surface area contributed by atoms with Crippen molar-refractivity contribution in [3.8, 4) is 11.2 Å². The number of amides is 1. The standard InChI is InChI=1S/C16H12ClFN2O2S/c1-10-6-12(23-9-19)3-5-15(10)20-16(21)8-22-11-2-4-14(18)13(17)7-11/h2-7H,8H2,1H3,(H,20,21). The smallest absolute Gasteiger partial charge is 0.262 e. The molecule has 0 fully saturated rings. The molecule has 2 aromatic carbocycles. The molecular formula is C16H12ClFN2O2S. The number of nitriles is 1. The number of nitrogens with zero attached hydrogens (tertiary/aromatic N) is 1. The van der Waals surface area contributed by atoms with Gasteiger partial charge in [0.25, 0.3) is 5.91 Å². The Kier molecular flexibility index (Phi) is 5.85. The van der Waals surface area contributed by atoms with Crippen LogP contribution in [0, 0.1) is 23.4 Å². The second-order valence-corrected chi connectivity index (χ2v) is 5.85. The van der Waals surface area contributed by atoms with Crippen LogP contribution in [0.3, 0.4) is 0 Å². The van der Waals surface area contributed by atoms with Crippen LogP contribution >= 0.6 is 23.4 Å². The average Bonchev–Trinajstić information content (AvgIpc) is 2.51. The fraction of sp³-hybridized carbons (Fsp3) is 0.125. The Hall–Kier alpha value is -2.23. The van der Waals surface area contributed by atoms with Gasteiger partial charge in [-0.05, 0) is 54.6 Å². The molecule has 4 nitrogen and oxygen atoms in total. The first-order valence-corrected chi connectivity index (χ1v) is 7.73. The van der Waals surface area contributed by atoms with E-state index in [2.05, 4.69) is 5.32 Å². The van der Waals surface area contributed by atoms with Gasteiger partial charge in [0.2, 0.25) is 0 Å². The largest absolute Gasteiger partial charge is 0.484 e. The van der Waals surface area contributed by atoms with Gasteiger partial charge >= 0.3 is 0 Å². The van der Waals surface area contributed by atoms with Crippen molar-refractivity contribution in [1.29, 1.82) is 5.26 Å². The second-order valence-electron chi connectivity index (χ2n) is 4.58. The minimum Gasteiger partial charge on any atom is -0.484 e. The summed E-state index contributed by atoms with van der Waals surface area (Å²) < 4.78 is 18.3. The number of nitrogens with one attached hydrogen (secondary N) is 1. The Labute approximate surface area is 142 Å². The van der Waals surface area contributed by atoms with E-state index in [0.717, 1.165) is 22.2 Å². The summed E-state index contributed by atoms with van der Waals surface area (Å²) in [4.78, 5) is 12.7. The van der Waals surface area contributed by atoms with E-state index in [9.17, 15) is 9.18 Å². The molecule has 0 radical (unpaired) electrons. The van der Waals surface area contributed by atoms with Crippen LogP contribution in [-0.2, 0) is 4.79 Å². The zero-order chi connectivity index (χ0) is 16.8. The van der Waals surface area contributed by atoms with Crippen LogP contribution in [0.5, 0.6) is 5.75 Å². The van der Waals surface area contributed by atoms with Crippen molar-refractivity contribution in [3.05, 3.63) is 52.8 Å². The Morgan fingerprint density at radius 2 is 2.17 bits per heavy atom. The highest BCUT2D eigenvalue weighted by Crippen LogP contribution is 2.24. The average molecular weight is 351 g/mol. The van der Waals surface area contributed by atoms with E-state index >= 15 is 0 Å². The summed E-state index contributed by atoms with van der Waals surface area (Å²) in [6.45, 7) is 1.60. The molecule has 1 amide bonds. The number of carbonyl (C=O) groups excluding carboxylic acids is 1. The predicted molar refractivity (Wildman–Crippen MR) is 88.2 cm³/mol. The van der Waals surface area contributed by atoms with E-state index in [-0.39, 0.29) is 17.5 Å². The fourth-order valence-electron chi connectivity index (χ4n) is 1.79. The van der Waals surface area contributed by atoms with Crippen molar-refractivity contribution >= 4 is 35.0 Å². The van der Waals surface area contributed by atoms with Gasteiger partial charge in [-0.25, -0.2) is 4.39 Å². The van der Waals surface area contributed by atoms with E-state index in [4.69, 9.17) is 21.6 Å². The molecule has 2 aromatic rings. The number of anilines is 1. The van der Waals surface area contributed by atoms with Crippen molar-refractivity contribution in [1.82, 2.24) is 0 Å². The fourth-order valence-corrected chi connectivity index (χ4v) is 2.44. The van der Waals surface area contributed by atoms with Gasteiger partial charge in [-0.2, -0.15) is 5.26 Å². The number of aryl methyl sites for hydroxylation is 1. The first kappa shape index (κ1) is 17.1. The minimum absolute atomic E-state index is 0.0654. The second kappa shape index (κ2) is 7.86. The van der Waals surface area contributed by atoms with Gasteiger partial charge in [0.15, 0.2) is 6.61 Å². The van der Waals surface area contributed by atoms with E-state index < -0.39 is 5.82 Å². The normalized spacial score (nSPS) is 10.0. The third-order valence-electron chi connectivity index (χ3n) is 2.90. The van der Waals surface area contributed by atoms with Crippen molar-refractivity contribution in [2.45, 2.75) is 11.8 Å². The quantitative estimate of drug-likeness (QED) is 0.642. The summed E-state index contributed by atoms with van der Waals surface area (Å²) in [5.74, 6) is -0.590. The molecule has 0 unspecified atom stereocenters. The molecule has 0 aliphatic rings. The lowest BCUT2D eigenvalue weighted by Crippen LogP contribution is -2.20. The van der Waals surface area contributed by atoms with E-state index in [1.54, 1.807) is 12.1 Å². The van der Waals surface area contributed by atoms with Crippen LogP contribution in [0.2, 0.25) is 5.02 Å². The third-order valence-corrected chi connectivity index (χ3v) is 3.77. The molecular weight excluding hydrogens is 339 g/mol. The molecule has 0 aliphatic carbocycles. The molecule has 0 saturated carbocycles. The van der Waals surface area contributed by atoms with E-state index in [0.29, 0.717) is 11.4 Å². The van der Waals surface area contributed by atoms with E-state index in [1.165, 1.54) is 18.2 Å². The van der Waals surface area contributed by atoms with E-state index in [1.807, 2.05) is 18.4 Å². The molecule has 118 valence electrons. The van der Waals surface area contributed by atoms with Gasteiger partial charge in [-0.3, -0.25) is 4.79 Å². The SMILES string of the molecule is Cc1cc(SC#N)ccc1NC(=O)COc1ccc(F)c(Cl)c1. The highest BCUT2D eigenvalue weighted by molar-refractivity contribution is 8.03. The van der Waals surface area contributed by atoms with Crippen LogP contribution in [0.1, 0.15) is 5.56 Å². The molecule has 0 atom stereocenters. The Balaban J connectivity index is 1.94. The Morgan fingerprint density at radius 1 is 1.39 bits per heavy atom. The highest BCUT2D eigenvalue weighted by Gasteiger charge is 2.08. The summed E-state index contributed by atoms with van der Waals surface area (Å²) in [6.07, 6.45) is 0. The first-order valence-electron chi connectivity index (χ1n) is 6.54. The molecule has 7 heteroatoms. The summed E-state index contributed by atoms with van der Waals surface area (Å²) in [5, 5.41) is 13.3. The van der Waals surface area contributed by atoms with Crippen LogP contribution in [0.4, 0.5) is 10.1 Å². The van der Waals surface area contributed by atoms with Gasteiger partial charge in [0.1, 0.15) is 17.0 Å². The number of carbonyl (C=O) groups is 1. The predicted octanol–water partition coefficient (Wildman–Crippen LogP) is 4.38. The summed E-state index contributed by atoms with van der Waals surface area (Å²) in [5.41, 5.74) is 1.47. The van der Waals surface area contributed by atoms with Gasteiger partial charge in [-0.1, -0.05) is 11.6 Å². The molecule has 2 rings (SSSR count). The maximum atomic E-state index is 13.0. The molecule has 23 heavy (non-hydrogen) atoms. The third kappa shape index (κ3) is 4.88. The molecule has 0 heterocycles. The lowest BCUT2D eigenvalue weighted by molar-refractivity contribution is -0.118. The van der Waals surface area contributed by atoms with Crippen molar-refractivity contribution in [3.63, 3.8) is 0 Å². The van der Waals surface area contributed by atoms with Crippen LogP contribution in [0.25, 0.3) is 0 Å². The molecule has 0 bridgehead atoms. The number of halogens is 2. The number of rotatable bonds is 5. The number of thioether (sulfide) groups is 1. The lowest BCUT2D eigenvalue weighted by Gasteiger charge is -2.10.